The van der Waals surface area contributed by atoms with Crippen LogP contribution in [0, 0.1) is 5.92 Å². The SMILES string of the molecule is COc1ccc(C(NC(=O)CN2CCCC2c2ccc(OC)cc2)C2CC2)cc1. The molecular weight excluding hydrogens is 364 g/mol. The lowest BCUT2D eigenvalue weighted by molar-refractivity contribution is -0.123. The molecule has 2 aliphatic rings. The molecule has 2 aromatic carbocycles. The Kier molecular flexibility index (Phi) is 6.05. The Labute approximate surface area is 173 Å². The van der Waals surface area contributed by atoms with Crippen molar-refractivity contribution in [2.45, 2.75) is 37.8 Å². The Morgan fingerprint density at radius 2 is 1.62 bits per heavy atom. The number of nitrogens with zero attached hydrogens (tertiary/aromatic N) is 1. The van der Waals surface area contributed by atoms with Crippen molar-refractivity contribution in [3.8, 4) is 11.5 Å². The minimum Gasteiger partial charge on any atom is -0.497 e. The van der Waals surface area contributed by atoms with Gasteiger partial charge in [-0.1, -0.05) is 24.3 Å². The van der Waals surface area contributed by atoms with E-state index in [1.165, 1.54) is 18.4 Å². The first-order valence-electron chi connectivity index (χ1n) is 10.5. The summed E-state index contributed by atoms with van der Waals surface area (Å²) in [5.41, 5.74) is 2.42. The fourth-order valence-electron chi connectivity index (χ4n) is 4.34. The Morgan fingerprint density at radius 3 is 2.21 bits per heavy atom. The third-order valence-corrected chi connectivity index (χ3v) is 6.10. The van der Waals surface area contributed by atoms with Gasteiger partial charge in [-0.3, -0.25) is 9.69 Å². The second kappa shape index (κ2) is 8.87. The molecule has 1 aliphatic carbocycles. The van der Waals surface area contributed by atoms with Crippen molar-refractivity contribution in [2.24, 2.45) is 5.92 Å². The zero-order valence-corrected chi connectivity index (χ0v) is 17.3. The van der Waals surface area contributed by atoms with Crippen LogP contribution in [0.1, 0.15) is 48.9 Å². The smallest absolute Gasteiger partial charge is 0.234 e. The standard InChI is InChI=1S/C24H30N2O3/c1-28-20-11-7-17(8-12-20)22-4-3-15-26(22)16-23(27)25-24(18-5-6-18)19-9-13-21(29-2)14-10-19/h7-14,18,22,24H,3-6,15-16H2,1-2H3,(H,25,27). The number of methoxy groups -OCH3 is 2. The van der Waals surface area contributed by atoms with Gasteiger partial charge >= 0.3 is 0 Å². The molecule has 0 bridgehead atoms. The number of rotatable bonds is 8. The fraction of sp³-hybridized carbons (Fsp3) is 0.458. The van der Waals surface area contributed by atoms with Crippen molar-refractivity contribution in [1.29, 1.82) is 0 Å². The first-order chi connectivity index (χ1) is 14.2. The highest BCUT2D eigenvalue weighted by molar-refractivity contribution is 5.78. The van der Waals surface area contributed by atoms with E-state index in [4.69, 9.17) is 9.47 Å². The van der Waals surface area contributed by atoms with Crippen molar-refractivity contribution in [3.63, 3.8) is 0 Å². The molecule has 2 unspecified atom stereocenters. The molecule has 154 valence electrons. The molecule has 2 atom stereocenters. The normalized spacial score (nSPS) is 20.3. The molecule has 4 rings (SSSR count). The molecular formula is C24H30N2O3. The highest BCUT2D eigenvalue weighted by atomic mass is 16.5. The maximum atomic E-state index is 12.9. The molecule has 1 amide bonds. The van der Waals surface area contributed by atoms with Gasteiger partial charge in [0.05, 0.1) is 26.8 Å². The lowest BCUT2D eigenvalue weighted by Gasteiger charge is -2.26. The van der Waals surface area contributed by atoms with E-state index in [2.05, 4.69) is 34.5 Å². The van der Waals surface area contributed by atoms with E-state index < -0.39 is 0 Å². The molecule has 5 heteroatoms. The summed E-state index contributed by atoms with van der Waals surface area (Å²) in [7, 11) is 3.35. The quantitative estimate of drug-likeness (QED) is 0.732. The van der Waals surface area contributed by atoms with Gasteiger partial charge in [0.2, 0.25) is 5.91 Å². The maximum Gasteiger partial charge on any atom is 0.234 e. The lowest BCUT2D eigenvalue weighted by Crippen LogP contribution is -2.39. The summed E-state index contributed by atoms with van der Waals surface area (Å²) in [4.78, 5) is 15.2. The predicted octanol–water partition coefficient (Wildman–Crippen LogP) is 4.11. The molecule has 1 N–H and O–H groups in total. The number of carbonyl (C=O) groups excluding carboxylic acids is 1. The summed E-state index contributed by atoms with van der Waals surface area (Å²) in [5.74, 6) is 2.36. The van der Waals surface area contributed by atoms with Crippen LogP contribution in [0.15, 0.2) is 48.5 Å². The predicted molar refractivity (Wildman–Crippen MR) is 113 cm³/mol. The highest BCUT2D eigenvalue weighted by Gasteiger charge is 2.34. The van der Waals surface area contributed by atoms with Gasteiger partial charge in [0, 0.05) is 6.04 Å². The van der Waals surface area contributed by atoms with Gasteiger partial charge in [-0.15, -0.1) is 0 Å². The topological polar surface area (TPSA) is 50.8 Å². The second-order valence-electron chi connectivity index (χ2n) is 8.06. The number of nitrogens with one attached hydrogen (secondary N) is 1. The number of ether oxygens (including phenoxy) is 2. The van der Waals surface area contributed by atoms with Gasteiger partial charge in [0.1, 0.15) is 11.5 Å². The first-order valence-corrected chi connectivity index (χ1v) is 10.5. The molecule has 5 nitrogen and oxygen atoms in total. The highest BCUT2D eigenvalue weighted by Crippen LogP contribution is 2.41. The third-order valence-electron chi connectivity index (χ3n) is 6.10. The van der Waals surface area contributed by atoms with E-state index in [9.17, 15) is 4.79 Å². The van der Waals surface area contributed by atoms with E-state index in [-0.39, 0.29) is 11.9 Å². The molecule has 29 heavy (non-hydrogen) atoms. The maximum absolute atomic E-state index is 12.9. The Bertz CT molecular complexity index is 815. The third kappa shape index (κ3) is 4.73. The fourth-order valence-corrected chi connectivity index (χ4v) is 4.34. The van der Waals surface area contributed by atoms with Gasteiger partial charge in [-0.25, -0.2) is 0 Å². The molecule has 1 heterocycles. The Hall–Kier alpha value is -2.53. The van der Waals surface area contributed by atoms with Crippen LogP contribution in [0.2, 0.25) is 0 Å². The van der Waals surface area contributed by atoms with Crippen LogP contribution in [0.25, 0.3) is 0 Å². The Morgan fingerprint density at radius 1 is 1.00 bits per heavy atom. The second-order valence-corrected chi connectivity index (χ2v) is 8.06. The average molecular weight is 395 g/mol. The molecule has 1 saturated carbocycles. The number of likely N-dealkylation sites (tertiary alicyclic amines) is 1. The van der Waals surface area contributed by atoms with E-state index >= 15 is 0 Å². The van der Waals surface area contributed by atoms with Crippen LogP contribution in [0.3, 0.4) is 0 Å². The minimum atomic E-state index is 0.0930. The summed E-state index contributed by atoms with van der Waals surface area (Å²) in [6.45, 7) is 1.40. The van der Waals surface area contributed by atoms with Crippen LogP contribution < -0.4 is 14.8 Å². The number of amides is 1. The molecule has 2 aromatic rings. The lowest BCUT2D eigenvalue weighted by atomic mass is 10.0. The van der Waals surface area contributed by atoms with E-state index in [1.54, 1.807) is 14.2 Å². The van der Waals surface area contributed by atoms with Gasteiger partial charge in [0.15, 0.2) is 0 Å². The molecule has 0 radical (unpaired) electrons. The van der Waals surface area contributed by atoms with Crippen LogP contribution >= 0.6 is 0 Å². The summed E-state index contributed by atoms with van der Waals surface area (Å²) >= 11 is 0. The minimum absolute atomic E-state index is 0.0930. The van der Waals surface area contributed by atoms with Crippen molar-refractivity contribution >= 4 is 5.91 Å². The van der Waals surface area contributed by atoms with E-state index in [1.807, 2.05) is 24.3 Å². The number of hydrogen-bond donors (Lipinski definition) is 1. The molecule has 0 spiro atoms. The van der Waals surface area contributed by atoms with Crippen molar-refractivity contribution in [2.75, 3.05) is 27.3 Å². The van der Waals surface area contributed by atoms with Crippen molar-refractivity contribution in [1.82, 2.24) is 10.2 Å². The molecule has 0 aromatic heterocycles. The van der Waals surface area contributed by atoms with Gasteiger partial charge < -0.3 is 14.8 Å². The van der Waals surface area contributed by atoms with Crippen LogP contribution in [0.4, 0.5) is 0 Å². The van der Waals surface area contributed by atoms with Crippen molar-refractivity contribution in [3.05, 3.63) is 59.7 Å². The average Bonchev–Trinajstić information content (AvgIpc) is 3.51. The van der Waals surface area contributed by atoms with Crippen molar-refractivity contribution < 1.29 is 14.3 Å². The first kappa shape index (κ1) is 19.8. The summed E-state index contributed by atoms with van der Waals surface area (Å²) in [6.07, 6.45) is 4.56. The zero-order chi connectivity index (χ0) is 20.2. The largest absolute Gasteiger partial charge is 0.497 e. The summed E-state index contributed by atoms with van der Waals surface area (Å²) in [5, 5.41) is 3.31. The summed E-state index contributed by atoms with van der Waals surface area (Å²) in [6, 6.07) is 16.7. The Balaban J connectivity index is 1.40. The van der Waals surface area contributed by atoms with E-state index in [0.29, 0.717) is 18.5 Å². The van der Waals surface area contributed by atoms with Crippen LogP contribution in [0.5, 0.6) is 11.5 Å². The van der Waals surface area contributed by atoms with E-state index in [0.717, 1.165) is 36.4 Å². The monoisotopic (exact) mass is 394 g/mol. The number of hydrogen-bond acceptors (Lipinski definition) is 4. The number of benzene rings is 2. The van der Waals surface area contributed by atoms with Crippen LogP contribution in [-0.4, -0.2) is 38.1 Å². The van der Waals surface area contributed by atoms with Gasteiger partial charge in [-0.05, 0) is 73.5 Å². The van der Waals surface area contributed by atoms with Gasteiger partial charge in [-0.2, -0.15) is 0 Å². The van der Waals surface area contributed by atoms with Gasteiger partial charge in [0.25, 0.3) is 0 Å². The zero-order valence-electron chi connectivity index (χ0n) is 17.3. The molecule has 2 fully saturated rings. The van der Waals surface area contributed by atoms with Crippen LogP contribution in [-0.2, 0) is 4.79 Å². The molecule has 1 saturated heterocycles. The number of carbonyl (C=O) groups is 1. The summed E-state index contributed by atoms with van der Waals surface area (Å²) < 4.78 is 10.5. The molecule has 1 aliphatic heterocycles.